The van der Waals surface area contributed by atoms with Crippen molar-refractivity contribution in [1.29, 1.82) is 0 Å². The second-order valence-electron chi connectivity index (χ2n) is 8.58. The van der Waals surface area contributed by atoms with Gasteiger partial charge in [-0.15, -0.1) is 11.6 Å². The quantitative estimate of drug-likeness (QED) is 0.149. The molecule has 3 rings (SSSR count). The van der Waals surface area contributed by atoms with Crippen LogP contribution in [0.3, 0.4) is 0 Å². The zero-order valence-corrected chi connectivity index (χ0v) is 20.8. The van der Waals surface area contributed by atoms with Crippen LogP contribution in [0.2, 0.25) is 0 Å². The van der Waals surface area contributed by atoms with Crippen molar-refractivity contribution in [3.63, 3.8) is 0 Å². The maximum absolute atomic E-state index is 13.2. The predicted octanol–water partition coefficient (Wildman–Crippen LogP) is -1.03. The van der Waals surface area contributed by atoms with E-state index in [1.54, 1.807) is 13.0 Å². The molecule has 15 heteroatoms. The molecule has 13 nitrogen and oxygen atoms in total. The van der Waals surface area contributed by atoms with Gasteiger partial charge >= 0.3 is 30.9 Å². The van der Waals surface area contributed by atoms with E-state index in [1.165, 1.54) is 17.0 Å². The van der Waals surface area contributed by atoms with Crippen LogP contribution in [0, 0.1) is 0 Å². The number of imide groups is 1. The van der Waals surface area contributed by atoms with Crippen LogP contribution in [0.25, 0.3) is 0 Å². The van der Waals surface area contributed by atoms with Gasteiger partial charge in [0.1, 0.15) is 11.8 Å². The number of nitrogens with zero attached hydrogens (tertiary/aromatic N) is 2. The van der Waals surface area contributed by atoms with Crippen LogP contribution >= 0.6 is 11.6 Å². The number of carbonyl (C=O) groups excluding carboxylic acids is 4. The Hall–Kier alpha value is -3.36. The molecule has 1 fully saturated rings. The predicted molar refractivity (Wildman–Crippen MR) is 130 cm³/mol. The number of carboxylic acid groups (broad SMARTS) is 1. The average Bonchev–Trinajstić information content (AvgIpc) is 2.87. The summed E-state index contributed by atoms with van der Waals surface area (Å²) in [5.41, 5.74) is 0.301. The van der Waals surface area contributed by atoms with Crippen molar-refractivity contribution in [2.75, 3.05) is 26.2 Å². The SMILES string of the molecule is CCN1CCN(C(=O)NC(C(=O)N[C@H]2Cc3cccc(C(=O)O)c3OB2O)C(Cl)CCCO)C(=O)C1=O. The molecule has 1 aromatic rings. The number of carbonyl (C=O) groups is 5. The van der Waals surface area contributed by atoms with Crippen molar-refractivity contribution in [1.82, 2.24) is 20.4 Å². The summed E-state index contributed by atoms with van der Waals surface area (Å²) >= 11 is 6.38. The van der Waals surface area contributed by atoms with Gasteiger partial charge in [0, 0.05) is 26.2 Å². The number of rotatable bonds is 9. The third-order valence-corrected chi connectivity index (χ3v) is 6.64. The number of halogens is 1. The normalized spacial score (nSPS) is 19.0. The number of piperazine rings is 1. The minimum absolute atomic E-state index is 0.00887. The van der Waals surface area contributed by atoms with Gasteiger partial charge in [0.2, 0.25) is 5.91 Å². The van der Waals surface area contributed by atoms with Crippen LogP contribution in [0.5, 0.6) is 5.75 Å². The number of aliphatic hydroxyl groups excluding tert-OH is 1. The van der Waals surface area contributed by atoms with Crippen molar-refractivity contribution >= 4 is 48.4 Å². The highest BCUT2D eigenvalue weighted by Gasteiger charge is 2.41. The molecule has 2 heterocycles. The van der Waals surface area contributed by atoms with Crippen LogP contribution in [-0.2, 0) is 20.8 Å². The van der Waals surface area contributed by atoms with E-state index in [0.29, 0.717) is 17.0 Å². The molecule has 1 saturated heterocycles. The first-order chi connectivity index (χ1) is 17.6. The van der Waals surface area contributed by atoms with E-state index < -0.39 is 54.2 Å². The Bertz CT molecular complexity index is 1070. The standard InChI is InChI=1S/C22H28BClN4O9/c1-2-27-8-9-28(20(32)19(27)31)22(35)26-16(14(24)7-4-10-29)18(30)25-15-11-12-5-3-6-13(21(33)34)17(12)37-23(15)36/h3,5-6,14-16,29,36H,2,4,7-11H2,1H3,(H,25,30)(H,26,35)(H,33,34)/t14?,15-,16?/m0/s1. The summed E-state index contributed by atoms with van der Waals surface area (Å²) in [7, 11) is -1.60. The topological polar surface area (TPSA) is 186 Å². The number of benzene rings is 1. The Morgan fingerprint density at radius 1 is 1.24 bits per heavy atom. The van der Waals surface area contributed by atoms with E-state index in [0.717, 1.165) is 0 Å². The Morgan fingerprint density at radius 2 is 1.97 bits per heavy atom. The van der Waals surface area contributed by atoms with Gasteiger partial charge in [-0.2, -0.15) is 0 Å². The molecule has 0 bridgehead atoms. The first-order valence-electron chi connectivity index (χ1n) is 11.8. The van der Waals surface area contributed by atoms with Crippen molar-refractivity contribution in [3.05, 3.63) is 29.3 Å². The number of amides is 5. The van der Waals surface area contributed by atoms with Crippen molar-refractivity contribution in [2.24, 2.45) is 0 Å². The number of aliphatic hydroxyl groups is 1. The van der Waals surface area contributed by atoms with Gasteiger partial charge < -0.3 is 35.4 Å². The lowest BCUT2D eigenvalue weighted by Gasteiger charge is -2.34. The number of urea groups is 1. The first kappa shape index (κ1) is 28.2. The molecule has 3 atom stereocenters. The Kier molecular flexibility index (Phi) is 9.35. The largest absolute Gasteiger partial charge is 0.547 e. The second-order valence-corrected chi connectivity index (χ2v) is 9.14. The summed E-state index contributed by atoms with van der Waals surface area (Å²) in [6.07, 6.45) is 0.377. The minimum Gasteiger partial charge on any atom is -0.534 e. The molecule has 0 spiro atoms. The van der Waals surface area contributed by atoms with Gasteiger partial charge in [-0.25, -0.2) is 9.59 Å². The molecule has 0 aromatic heterocycles. The molecule has 5 amide bonds. The molecular weight excluding hydrogens is 511 g/mol. The monoisotopic (exact) mass is 538 g/mol. The molecule has 2 unspecified atom stereocenters. The number of nitrogens with one attached hydrogen (secondary N) is 2. The molecular formula is C22H28BClN4O9. The molecule has 0 aliphatic carbocycles. The Labute approximate surface area is 217 Å². The molecule has 200 valence electrons. The number of likely N-dealkylation sites (N-methyl/N-ethyl adjacent to an activating group) is 1. The zero-order chi connectivity index (χ0) is 27.3. The summed E-state index contributed by atoms with van der Waals surface area (Å²) in [6.45, 7) is 1.86. The Morgan fingerprint density at radius 3 is 2.62 bits per heavy atom. The van der Waals surface area contributed by atoms with Crippen LogP contribution in [0.15, 0.2) is 18.2 Å². The summed E-state index contributed by atoms with van der Waals surface area (Å²) in [5, 5.41) is 32.9. The molecule has 1 aromatic carbocycles. The summed E-state index contributed by atoms with van der Waals surface area (Å²) < 4.78 is 5.38. The van der Waals surface area contributed by atoms with E-state index in [9.17, 15) is 34.1 Å². The lowest BCUT2D eigenvalue weighted by molar-refractivity contribution is -0.153. The van der Waals surface area contributed by atoms with Crippen LogP contribution in [0.1, 0.15) is 35.7 Å². The summed E-state index contributed by atoms with van der Waals surface area (Å²) in [4.78, 5) is 64.1. The lowest BCUT2D eigenvalue weighted by Crippen LogP contribution is -2.63. The van der Waals surface area contributed by atoms with E-state index in [4.69, 9.17) is 21.4 Å². The molecule has 37 heavy (non-hydrogen) atoms. The summed E-state index contributed by atoms with van der Waals surface area (Å²) in [5.74, 6) is -4.94. The third-order valence-electron chi connectivity index (χ3n) is 6.17. The molecule has 2 aliphatic heterocycles. The maximum Gasteiger partial charge on any atom is 0.547 e. The fourth-order valence-electron chi connectivity index (χ4n) is 4.14. The maximum atomic E-state index is 13.2. The average molecular weight is 539 g/mol. The lowest BCUT2D eigenvalue weighted by atomic mass is 9.72. The van der Waals surface area contributed by atoms with Crippen molar-refractivity contribution < 1.29 is 43.9 Å². The van der Waals surface area contributed by atoms with Crippen molar-refractivity contribution in [3.8, 4) is 5.75 Å². The zero-order valence-electron chi connectivity index (χ0n) is 20.1. The van der Waals surface area contributed by atoms with E-state index in [2.05, 4.69) is 10.6 Å². The highest BCUT2D eigenvalue weighted by Crippen LogP contribution is 2.30. The van der Waals surface area contributed by atoms with Crippen LogP contribution in [0.4, 0.5) is 4.79 Å². The number of hydrogen-bond donors (Lipinski definition) is 5. The van der Waals surface area contributed by atoms with E-state index >= 15 is 0 Å². The van der Waals surface area contributed by atoms with E-state index in [1.807, 2.05) is 0 Å². The first-order valence-corrected chi connectivity index (χ1v) is 12.2. The van der Waals surface area contributed by atoms with E-state index in [-0.39, 0.29) is 50.3 Å². The van der Waals surface area contributed by atoms with Crippen molar-refractivity contribution in [2.45, 2.75) is 43.5 Å². The van der Waals surface area contributed by atoms with Crippen LogP contribution in [-0.4, -0.2) is 105 Å². The highest BCUT2D eigenvalue weighted by molar-refractivity contribution is 6.47. The number of fused-ring (bicyclic) bond motifs is 1. The molecule has 0 radical (unpaired) electrons. The number of hydrogen-bond acceptors (Lipinski definition) is 8. The fraction of sp³-hybridized carbons (Fsp3) is 0.500. The fourth-order valence-corrected chi connectivity index (χ4v) is 4.47. The van der Waals surface area contributed by atoms with Gasteiger partial charge in [-0.05, 0) is 37.8 Å². The number of alkyl halides is 1. The third kappa shape index (κ3) is 6.32. The Balaban J connectivity index is 1.75. The number of para-hydroxylation sites is 1. The van der Waals surface area contributed by atoms with Gasteiger partial charge in [0.05, 0.1) is 16.9 Å². The number of carboxylic acids is 1. The smallest absolute Gasteiger partial charge is 0.534 e. The minimum atomic E-state index is -1.60. The molecule has 0 saturated carbocycles. The highest BCUT2D eigenvalue weighted by atomic mass is 35.5. The summed E-state index contributed by atoms with van der Waals surface area (Å²) in [6, 6.07) is 2.04. The molecule has 2 aliphatic rings. The second kappa shape index (κ2) is 12.3. The van der Waals surface area contributed by atoms with Gasteiger partial charge in [-0.1, -0.05) is 12.1 Å². The molecule has 5 N–H and O–H groups in total. The van der Waals surface area contributed by atoms with Gasteiger partial charge in [-0.3, -0.25) is 19.3 Å². The van der Waals surface area contributed by atoms with Gasteiger partial charge in [0.25, 0.3) is 0 Å². The van der Waals surface area contributed by atoms with Gasteiger partial charge in [0.15, 0.2) is 0 Å². The van der Waals surface area contributed by atoms with Crippen LogP contribution < -0.4 is 15.3 Å². The number of aromatic carboxylic acids is 1.